The van der Waals surface area contributed by atoms with E-state index < -0.39 is 23.5 Å². The number of ether oxygens (including phenoxy) is 3. The molecule has 0 radical (unpaired) electrons. The summed E-state index contributed by atoms with van der Waals surface area (Å²) in [6, 6.07) is 7.75. The molecule has 0 amide bonds. The minimum atomic E-state index is -1.34. The second-order valence-electron chi connectivity index (χ2n) is 14.0. The van der Waals surface area contributed by atoms with Crippen LogP contribution in [0.4, 0.5) is 4.39 Å². The van der Waals surface area contributed by atoms with Gasteiger partial charge in [-0.2, -0.15) is 5.10 Å². The molecule has 1 atom stereocenters. The minimum absolute atomic E-state index is 0.273. The molecule has 2 aliphatic rings. The summed E-state index contributed by atoms with van der Waals surface area (Å²) in [5.41, 5.74) is 7.06. The van der Waals surface area contributed by atoms with Crippen molar-refractivity contribution >= 4 is 17.0 Å². The van der Waals surface area contributed by atoms with Gasteiger partial charge in [-0.25, -0.2) is 14.2 Å². The fourth-order valence-corrected chi connectivity index (χ4v) is 7.22. The van der Waals surface area contributed by atoms with E-state index in [1.165, 1.54) is 6.07 Å². The predicted molar refractivity (Wildman–Crippen MR) is 184 cm³/mol. The largest absolute Gasteiger partial charge is 0.490 e. The quantitative estimate of drug-likeness (QED) is 0.189. The van der Waals surface area contributed by atoms with Crippen molar-refractivity contribution in [3.05, 3.63) is 71.1 Å². The van der Waals surface area contributed by atoms with Gasteiger partial charge in [-0.15, -0.1) is 0 Å². The van der Waals surface area contributed by atoms with Gasteiger partial charge in [-0.3, -0.25) is 9.67 Å². The van der Waals surface area contributed by atoms with Crippen molar-refractivity contribution in [2.75, 3.05) is 19.8 Å². The Morgan fingerprint density at radius 2 is 1.90 bits per heavy atom. The average Bonchev–Trinajstić information content (AvgIpc) is 3.70. The van der Waals surface area contributed by atoms with Crippen LogP contribution in [0.15, 0.2) is 42.9 Å². The highest BCUT2D eigenvalue weighted by Crippen LogP contribution is 2.45. The number of carboxylic acid groups (broad SMARTS) is 1. The van der Waals surface area contributed by atoms with Gasteiger partial charge < -0.3 is 23.9 Å². The summed E-state index contributed by atoms with van der Waals surface area (Å²) in [6.07, 6.45) is 7.60. The molecule has 7 rings (SSSR count). The number of carbonyl (C=O) groups is 1. The molecule has 49 heavy (non-hydrogen) atoms. The van der Waals surface area contributed by atoms with Crippen LogP contribution in [0.1, 0.15) is 74.6 Å². The number of aromatic nitrogens is 5. The van der Waals surface area contributed by atoms with E-state index in [0.29, 0.717) is 52.5 Å². The number of pyridine rings is 2. The third-order valence-corrected chi connectivity index (χ3v) is 9.58. The smallest absolute Gasteiger partial charge is 0.337 e. The number of halogens is 1. The van der Waals surface area contributed by atoms with Gasteiger partial charge in [0.25, 0.3) is 0 Å². The van der Waals surface area contributed by atoms with Crippen molar-refractivity contribution in [2.24, 2.45) is 7.05 Å². The SMILES string of the molecule is Cc1nc2c(cc(-c3ccnc(-c4cnn(C5CCOCC5)c4)c3)n2C)c(-c2cc(F)c3c(c2C)CCCO3)c1C(OC(C)(C)C)C(=O)O. The Labute approximate surface area is 284 Å². The molecule has 1 saturated heterocycles. The molecule has 5 aromatic rings. The lowest BCUT2D eigenvalue weighted by atomic mass is 9.86. The first kappa shape index (κ1) is 32.9. The van der Waals surface area contributed by atoms with Gasteiger partial charge in [-0.1, -0.05) is 0 Å². The van der Waals surface area contributed by atoms with E-state index in [1.807, 2.05) is 74.6 Å². The zero-order valence-corrected chi connectivity index (χ0v) is 28.8. The molecule has 1 fully saturated rings. The van der Waals surface area contributed by atoms with Crippen LogP contribution in [-0.4, -0.2) is 60.8 Å². The van der Waals surface area contributed by atoms with E-state index in [0.717, 1.165) is 66.1 Å². The van der Waals surface area contributed by atoms with Gasteiger partial charge >= 0.3 is 5.97 Å². The molecule has 256 valence electrons. The maximum absolute atomic E-state index is 15.8. The van der Waals surface area contributed by atoms with E-state index in [-0.39, 0.29) is 5.75 Å². The van der Waals surface area contributed by atoms with Crippen LogP contribution in [0.3, 0.4) is 0 Å². The third-order valence-electron chi connectivity index (χ3n) is 9.58. The highest BCUT2D eigenvalue weighted by molar-refractivity contribution is 6.01. The molecule has 6 heterocycles. The number of aryl methyl sites for hydroxylation is 2. The summed E-state index contributed by atoms with van der Waals surface area (Å²) in [5, 5.41) is 15.9. The molecule has 10 nitrogen and oxygen atoms in total. The van der Waals surface area contributed by atoms with E-state index in [1.54, 1.807) is 13.1 Å². The lowest BCUT2D eigenvalue weighted by Gasteiger charge is -2.29. The first-order valence-corrected chi connectivity index (χ1v) is 16.9. The van der Waals surface area contributed by atoms with Crippen molar-refractivity contribution in [3.63, 3.8) is 0 Å². The van der Waals surface area contributed by atoms with Crippen LogP contribution in [0.25, 0.3) is 44.7 Å². The van der Waals surface area contributed by atoms with Gasteiger partial charge in [0.2, 0.25) is 0 Å². The van der Waals surface area contributed by atoms with Crippen molar-refractivity contribution in [1.29, 1.82) is 0 Å². The zero-order valence-electron chi connectivity index (χ0n) is 28.8. The topological polar surface area (TPSA) is 114 Å². The lowest BCUT2D eigenvalue weighted by molar-refractivity contribution is -0.160. The van der Waals surface area contributed by atoms with Crippen molar-refractivity contribution in [3.8, 4) is 39.4 Å². The molecule has 4 aromatic heterocycles. The zero-order chi connectivity index (χ0) is 34.6. The number of aliphatic carboxylic acids is 1. The fraction of sp³-hybridized carbons (Fsp3) is 0.421. The van der Waals surface area contributed by atoms with Gasteiger partial charge in [0.05, 0.1) is 35.8 Å². The number of hydrogen-bond acceptors (Lipinski definition) is 7. The molecular formula is C38H42FN5O5. The summed E-state index contributed by atoms with van der Waals surface area (Å²) in [5.74, 6) is -1.34. The molecule has 2 aliphatic heterocycles. The molecule has 0 spiro atoms. The Morgan fingerprint density at radius 1 is 1.12 bits per heavy atom. The van der Waals surface area contributed by atoms with Gasteiger partial charge in [0.15, 0.2) is 17.7 Å². The van der Waals surface area contributed by atoms with E-state index in [2.05, 4.69) is 10.1 Å². The molecule has 0 bridgehead atoms. The van der Waals surface area contributed by atoms with Crippen LogP contribution in [0, 0.1) is 19.7 Å². The molecular weight excluding hydrogens is 625 g/mol. The summed E-state index contributed by atoms with van der Waals surface area (Å²) in [6.45, 7) is 11.1. The summed E-state index contributed by atoms with van der Waals surface area (Å²) >= 11 is 0. The number of benzene rings is 1. The Morgan fingerprint density at radius 3 is 2.63 bits per heavy atom. The highest BCUT2D eigenvalue weighted by Gasteiger charge is 2.34. The summed E-state index contributed by atoms with van der Waals surface area (Å²) < 4.78 is 37.3. The van der Waals surface area contributed by atoms with Gasteiger partial charge in [0.1, 0.15) is 5.65 Å². The number of nitrogens with zero attached hydrogens (tertiary/aromatic N) is 5. The van der Waals surface area contributed by atoms with Crippen molar-refractivity contribution in [1.82, 2.24) is 24.3 Å². The lowest BCUT2D eigenvalue weighted by Crippen LogP contribution is -2.28. The minimum Gasteiger partial charge on any atom is -0.490 e. The first-order chi connectivity index (χ1) is 23.4. The van der Waals surface area contributed by atoms with E-state index >= 15 is 4.39 Å². The van der Waals surface area contributed by atoms with Crippen molar-refractivity contribution < 1.29 is 28.5 Å². The molecule has 1 N–H and O–H groups in total. The summed E-state index contributed by atoms with van der Waals surface area (Å²) in [7, 11) is 1.94. The molecule has 1 unspecified atom stereocenters. The average molecular weight is 668 g/mol. The predicted octanol–water partition coefficient (Wildman–Crippen LogP) is 7.54. The van der Waals surface area contributed by atoms with Crippen LogP contribution in [-0.2, 0) is 27.7 Å². The second-order valence-corrected chi connectivity index (χ2v) is 14.0. The van der Waals surface area contributed by atoms with Crippen LogP contribution in [0.5, 0.6) is 5.75 Å². The number of rotatable bonds is 7. The Balaban J connectivity index is 1.43. The fourth-order valence-electron chi connectivity index (χ4n) is 7.22. The molecule has 1 aromatic carbocycles. The summed E-state index contributed by atoms with van der Waals surface area (Å²) in [4.78, 5) is 22.6. The maximum atomic E-state index is 15.8. The van der Waals surface area contributed by atoms with Crippen molar-refractivity contribution in [2.45, 2.75) is 78.0 Å². The molecule has 0 saturated carbocycles. The van der Waals surface area contributed by atoms with Gasteiger partial charge in [0, 0.05) is 71.6 Å². The van der Waals surface area contributed by atoms with Crippen LogP contribution < -0.4 is 4.74 Å². The number of fused-ring (bicyclic) bond motifs is 2. The van der Waals surface area contributed by atoms with E-state index in [4.69, 9.17) is 19.2 Å². The Kier molecular flexibility index (Phi) is 8.52. The molecule has 11 heteroatoms. The van der Waals surface area contributed by atoms with Crippen LogP contribution in [0.2, 0.25) is 0 Å². The second kappa shape index (κ2) is 12.7. The monoisotopic (exact) mass is 667 g/mol. The van der Waals surface area contributed by atoms with Crippen LogP contribution >= 0.6 is 0 Å². The first-order valence-electron chi connectivity index (χ1n) is 16.9. The standard InChI is InChI=1S/C38H42FN5O5/c1-21-26-8-7-13-48-34(26)29(39)17-27(21)33-28-18-31(43(6)36(28)42-22(2)32(33)35(37(45)46)49-38(3,4)5)23-9-12-40-30(16-23)24-19-41-44(20-24)25-10-14-47-15-11-25/h9,12,16-20,25,35H,7-8,10-11,13-15H2,1-6H3,(H,45,46). The normalized spacial score (nSPS) is 16.1. The number of hydrogen-bond donors (Lipinski definition) is 1. The van der Waals surface area contributed by atoms with Gasteiger partial charge in [-0.05, 0) is 95.7 Å². The Bertz CT molecular complexity index is 2070. The molecule has 0 aliphatic carbocycles. The maximum Gasteiger partial charge on any atom is 0.337 e. The Hall–Kier alpha value is -4.61. The third kappa shape index (κ3) is 6.10. The highest BCUT2D eigenvalue weighted by atomic mass is 19.1. The number of carboxylic acids is 1. The van der Waals surface area contributed by atoms with E-state index in [9.17, 15) is 9.90 Å².